The Labute approximate surface area is 204 Å². The maximum absolute atomic E-state index is 13.7. The number of nitrogens with two attached hydrogens (primary N) is 1. The fraction of sp³-hybridized carbons (Fsp3) is 0.520. The molecule has 6 N–H and O–H groups in total. The zero-order valence-corrected chi connectivity index (χ0v) is 20.4. The number of carbonyl (C=O) groups is 4. The summed E-state index contributed by atoms with van der Waals surface area (Å²) in [6.07, 6.45) is 3.53. The van der Waals surface area contributed by atoms with Gasteiger partial charge >= 0.3 is 5.97 Å². The number of aliphatic carboxylic acids is 1. The number of carboxylic acid groups (broad SMARTS) is 1. The molecule has 35 heavy (non-hydrogen) atoms. The molecular formula is C25H35N5O5. The number of fused-ring (bicyclic) bond motifs is 1. The van der Waals surface area contributed by atoms with Crippen LogP contribution in [0.2, 0.25) is 0 Å². The molecule has 1 saturated heterocycles. The van der Waals surface area contributed by atoms with E-state index in [0.29, 0.717) is 25.8 Å². The summed E-state index contributed by atoms with van der Waals surface area (Å²) in [5.41, 5.74) is 7.85. The lowest BCUT2D eigenvalue weighted by Gasteiger charge is -2.30. The second-order valence-electron chi connectivity index (χ2n) is 9.62. The predicted octanol–water partition coefficient (Wildman–Crippen LogP) is 1.15. The molecule has 0 radical (unpaired) electrons. The summed E-state index contributed by atoms with van der Waals surface area (Å²) >= 11 is 0. The first-order valence-electron chi connectivity index (χ1n) is 12.0. The monoisotopic (exact) mass is 485 g/mol. The molecule has 0 saturated carbocycles. The van der Waals surface area contributed by atoms with Gasteiger partial charge in [0.2, 0.25) is 17.7 Å². The standard InChI is InChI=1S/C25H35N5O5/c1-14(2)11-18(26)22(31)29-20(12-16-13-27-19-8-5-4-7-17(16)19)24(33)30-10-6-9-21(30)23(32)28-15(3)25(34)35/h4-5,7-8,13-15,18,20-21,27H,6,9-12,26H2,1-3H3,(H,28,32)(H,29,31)(H,34,35). The molecule has 1 aromatic heterocycles. The maximum atomic E-state index is 13.7. The van der Waals surface area contributed by atoms with E-state index in [0.717, 1.165) is 16.5 Å². The van der Waals surface area contributed by atoms with Gasteiger partial charge < -0.3 is 31.4 Å². The molecule has 4 atom stereocenters. The lowest BCUT2D eigenvalue weighted by atomic mass is 10.0. The SMILES string of the molecule is CC(C)CC(N)C(=O)NC(Cc1c[nH]c2ccccc12)C(=O)N1CCCC1C(=O)NC(C)C(=O)O. The number of para-hydroxylation sites is 1. The van der Waals surface area contributed by atoms with Crippen LogP contribution in [-0.4, -0.2) is 69.4 Å². The lowest BCUT2D eigenvalue weighted by molar-refractivity contribution is -0.144. The summed E-state index contributed by atoms with van der Waals surface area (Å²) in [6, 6.07) is 4.12. The quantitative estimate of drug-likeness (QED) is 0.340. The Morgan fingerprint density at radius 2 is 1.89 bits per heavy atom. The number of carboxylic acids is 1. The van der Waals surface area contributed by atoms with Crippen LogP contribution in [0, 0.1) is 5.92 Å². The number of hydrogen-bond acceptors (Lipinski definition) is 5. The zero-order chi connectivity index (χ0) is 25.7. The number of likely N-dealkylation sites (tertiary alicyclic amines) is 1. The largest absolute Gasteiger partial charge is 0.480 e. The fourth-order valence-electron chi connectivity index (χ4n) is 4.49. The zero-order valence-electron chi connectivity index (χ0n) is 20.4. The van der Waals surface area contributed by atoms with Gasteiger partial charge in [0.25, 0.3) is 0 Å². The van der Waals surface area contributed by atoms with Crippen LogP contribution in [0.5, 0.6) is 0 Å². The highest BCUT2D eigenvalue weighted by molar-refractivity contribution is 5.95. The molecule has 10 heteroatoms. The first-order chi connectivity index (χ1) is 16.6. The third-order valence-corrected chi connectivity index (χ3v) is 6.34. The minimum Gasteiger partial charge on any atom is -0.480 e. The van der Waals surface area contributed by atoms with Gasteiger partial charge in [0.05, 0.1) is 6.04 Å². The molecule has 2 heterocycles. The van der Waals surface area contributed by atoms with E-state index in [1.807, 2.05) is 44.3 Å². The topological polar surface area (TPSA) is 158 Å². The van der Waals surface area contributed by atoms with Crippen LogP contribution in [-0.2, 0) is 25.6 Å². The highest BCUT2D eigenvalue weighted by Crippen LogP contribution is 2.23. The molecule has 1 fully saturated rings. The van der Waals surface area contributed by atoms with E-state index in [-0.39, 0.29) is 18.2 Å². The molecule has 190 valence electrons. The number of nitrogens with zero attached hydrogens (tertiary/aromatic N) is 1. The number of carbonyl (C=O) groups excluding carboxylic acids is 3. The van der Waals surface area contributed by atoms with Crippen LogP contribution in [0.15, 0.2) is 30.5 Å². The van der Waals surface area contributed by atoms with Gasteiger partial charge in [0.15, 0.2) is 0 Å². The highest BCUT2D eigenvalue weighted by Gasteiger charge is 2.39. The number of benzene rings is 1. The predicted molar refractivity (Wildman–Crippen MR) is 131 cm³/mol. The number of hydrogen-bond donors (Lipinski definition) is 5. The van der Waals surface area contributed by atoms with Gasteiger partial charge in [-0.1, -0.05) is 32.0 Å². The summed E-state index contributed by atoms with van der Waals surface area (Å²) in [7, 11) is 0. The third kappa shape index (κ3) is 6.39. The van der Waals surface area contributed by atoms with Crippen molar-refractivity contribution in [2.24, 2.45) is 11.7 Å². The third-order valence-electron chi connectivity index (χ3n) is 6.34. The Hall–Kier alpha value is -3.40. The van der Waals surface area contributed by atoms with Crippen molar-refractivity contribution in [3.63, 3.8) is 0 Å². The van der Waals surface area contributed by atoms with Crippen molar-refractivity contribution in [3.05, 3.63) is 36.0 Å². The number of aromatic nitrogens is 1. The number of H-pyrrole nitrogens is 1. The van der Waals surface area contributed by atoms with Gasteiger partial charge in [-0.05, 0) is 43.7 Å². The van der Waals surface area contributed by atoms with Crippen LogP contribution in [0.1, 0.15) is 45.6 Å². The second kappa shape index (κ2) is 11.4. The Morgan fingerprint density at radius 1 is 1.17 bits per heavy atom. The summed E-state index contributed by atoms with van der Waals surface area (Å²) in [6.45, 7) is 5.65. The van der Waals surface area contributed by atoms with Gasteiger partial charge in [0.1, 0.15) is 18.1 Å². The summed E-state index contributed by atoms with van der Waals surface area (Å²) < 4.78 is 0. The summed E-state index contributed by atoms with van der Waals surface area (Å²) in [5.74, 6) is -2.27. The Balaban J connectivity index is 1.84. The molecular weight excluding hydrogens is 450 g/mol. The first-order valence-corrected chi connectivity index (χ1v) is 12.0. The molecule has 1 aliphatic heterocycles. The Kier molecular flexibility index (Phi) is 8.50. The van der Waals surface area contributed by atoms with E-state index in [2.05, 4.69) is 15.6 Å². The Morgan fingerprint density at radius 3 is 2.57 bits per heavy atom. The van der Waals surface area contributed by atoms with E-state index < -0.39 is 42.0 Å². The maximum Gasteiger partial charge on any atom is 0.325 e. The van der Waals surface area contributed by atoms with Crippen molar-refractivity contribution in [2.45, 2.75) is 70.6 Å². The van der Waals surface area contributed by atoms with Gasteiger partial charge in [0, 0.05) is 30.1 Å². The molecule has 10 nitrogen and oxygen atoms in total. The average Bonchev–Trinajstić information content (AvgIpc) is 3.45. The molecule has 0 spiro atoms. The second-order valence-corrected chi connectivity index (χ2v) is 9.62. The van der Waals surface area contributed by atoms with Crippen molar-refractivity contribution in [1.29, 1.82) is 0 Å². The summed E-state index contributed by atoms with van der Waals surface area (Å²) in [5, 5.41) is 15.3. The van der Waals surface area contributed by atoms with Crippen molar-refractivity contribution in [3.8, 4) is 0 Å². The van der Waals surface area contributed by atoms with Crippen molar-refractivity contribution in [1.82, 2.24) is 20.5 Å². The molecule has 0 bridgehead atoms. The normalized spacial score (nSPS) is 18.3. The lowest BCUT2D eigenvalue weighted by Crippen LogP contribution is -2.57. The molecule has 0 aliphatic carbocycles. The van der Waals surface area contributed by atoms with Crippen molar-refractivity contribution in [2.75, 3.05) is 6.54 Å². The smallest absolute Gasteiger partial charge is 0.325 e. The van der Waals surface area contributed by atoms with Gasteiger partial charge in [-0.3, -0.25) is 19.2 Å². The van der Waals surface area contributed by atoms with Crippen molar-refractivity contribution >= 4 is 34.6 Å². The van der Waals surface area contributed by atoms with E-state index in [4.69, 9.17) is 10.8 Å². The van der Waals surface area contributed by atoms with Crippen LogP contribution in [0.25, 0.3) is 10.9 Å². The number of aromatic amines is 1. The fourth-order valence-corrected chi connectivity index (χ4v) is 4.49. The first kappa shape index (κ1) is 26.2. The minimum absolute atomic E-state index is 0.210. The minimum atomic E-state index is -1.15. The van der Waals surface area contributed by atoms with Gasteiger partial charge in [-0.15, -0.1) is 0 Å². The van der Waals surface area contributed by atoms with Crippen LogP contribution in [0.3, 0.4) is 0 Å². The van der Waals surface area contributed by atoms with Crippen LogP contribution in [0.4, 0.5) is 0 Å². The Bertz CT molecular complexity index is 1080. The molecule has 1 aliphatic rings. The number of rotatable bonds is 10. The highest BCUT2D eigenvalue weighted by atomic mass is 16.4. The molecule has 3 amide bonds. The van der Waals surface area contributed by atoms with Gasteiger partial charge in [-0.25, -0.2) is 0 Å². The molecule has 4 unspecified atom stereocenters. The molecule has 3 rings (SSSR count). The van der Waals surface area contributed by atoms with Gasteiger partial charge in [-0.2, -0.15) is 0 Å². The molecule has 2 aromatic rings. The summed E-state index contributed by atoms with van der Waals surface area (Å²) in [4.78, 5) is 55.1. The van der Waals surface area contributed by atoms with Crippen LogP contribution < -0.4 is 16.4 Å². The van der Waals surface area contributed by atoms with E-state index in [1.54, 1.807) is 0 Å². The van der Waals surface area contributed by atoms with E-state index in [1.165, 1.54) is 11.8 Å². The average molecular weight is 486 g/mol. The van der Waals surface area contributed by atoms with E-state index in [9.17, 15) is 19.2 Å². The van der Waals surface area contributed by atoms with Crippen molar-refractivity contribution < 1.29 is 24.3 Å². The number of nitrogens with one attached hydrogen (secondary N) is 3. The molecule has 1 aromatic carbocycles. The number of amides is 3. The van der Waals surface area contributed by atoms with E-state index >= 15 is 0 Å². The van der Waals surface area contributed by atoms with Crippen LogP contribution >= 0.6 is 0 Å².